The minimum absolute atomic E-state index is 0.184. The van der Waals surface area contributed by atoms with Crippen molar-refractivity contribution in [3.63, 3.8) is 0 Å². The van der Waals surface area contributed by atoms with Crippen LogP contribution in [0.15, 0.2) is 89.7 Å². The summed E-state index contributed by atoms with van der Waals surface area (Å²) in [5.74, 6) is 1.39. The Bertz CT molecular complexity index is 1200. The molecule has 0 saturated carbocycles. The highest BCUT2D eigenvalue weighted by atomic mass is 79.9. The first-order valence-corrected chi connectivity index (χ1v) is 10.2. The van der Waals surface area contributed by atoms with Crippen LogP contribution in [0.3, 0.4) is 0 Å². The molecule has 0 aliphatic carbocycles. The average Bonchev–Trinajstić information content (AvgIpc) is 2.81. The first-order chi connectivity index (χ1) is 15.1. The number of methoxy groups -OCH3 is 1. The topological polar surface area (TPSA) is 73.3 Å². The van der Waals surface area contributed by atoms with Gasteiger partial charge in [0.15, 0.2) is 11.5 Å². The maximum absolute atomic E-state index is 12.5. The van der Waals surface area contributed by atoms with Crippen LogP contribution in [0.2, 0.25) is 0 Å². The highest BCUT2D eigenvalue weighted by molar-refractivity contribution is 9.10. The van der Waals surface area contributed by atoms with Crippen molar-refractivity contribution in [2.24, 2.45) is 0 Å². The van der Waals surface area contributed by atoms with E-state index in [9.17, 15) is 4.79 Å². The SMILES string of the molecule is COc1ccccc1Oc1cc(-c2ccc(C(=O)Nc3ccc(Br)cc3)cc2)ncn1. The number of anilines is 1. The second-order valence-corrected chi connectivity index (χ2v) is 7.45. The van der Waals surface area contributed by atoms with E-state index in [1.165, 1.54) is 6.33 Å². The number of nitrogens with zero attached hydrogens (tertiary/aromatic N) is 2. The van der Waals surface area contributed by atoms with Gasteiger partial charge in [-0.2, -0.15) is 0 Å². The van der Waals surface area contributed by atoms with Crippen molar-refractivity contribution >= 4 is 27.5 Å². The third-order valence-corrected chi connectivity index (χ3v) is 5.00. The lowest BCUT2D eigenvalue weighted by atomic mass is 10.1. The van der Waals surface area contributed by atoms with Crippen LogP contribution in [0.4, 0.5) is 5.69 Å². The fourth-order valence-electron chi connectivity index (χ4n) is 2.90. The normalized spacial score (nSPS) is 10.4. The molecule has 0 bridgehead atoms. The molecule has 1 heterocycles. The molecule has 4 aromatic rings. The van der Waals surface area contributed by atoms with E-state index < -0.39 is 0 Å². The molecular formula is C24H18BrN3O3. The van der Waals surface area contributed by atoms with Crippen LogP contribution in [-0.2, 0) is 0 Å². The number of para-hydroxylation sites is 2. The monoisotopic (exact) mass is 475 g/mol. The summed E-state index contributed by atoms with van der Waals surface area (Å²) in [6, 6.07) is 23.7. The fraction of sp³-hybridized carbons (Fsp3) is 0.0417. The zero-order valence-corrected chi connectivity index (χ0v) is 18.2. The van der Waals surface area contributed by atoms with Gasteiger partial charge in [0.2, 0.25) is 5.88 Å². The Morgan fingerprint density at radius 3 is 2.32 bits per heavy atom. The van der Waals surface area contributed by atoms with Crippen LogP contribution < -0.4 is 14.8 Å². The van der Waals surface area contributed by atoms with Gasteiger partial charge >= 0.3 is 0 Å². The standard InChI is InChI=1S/C24H18BrN3O3/c1-30-21-4-2-3-5-22(21)31-23-14-20(26-15-27-23)16-6-8-17(9-7-16)24(29)28-19-12-10-18(25)11-13-19/h2-15H,1H3,(H,28,29). The Hall–Kier alpha value is -3.71. The number of halogens is 1. The van der Waals surface area contributed by atoms with E-state index in [4.69, 9.17) is 9.47 Å². The van der Waals surface area contributed by atoms with Crippen LogP contribution >= 0.6 is 15.9 Å². The smallest absolute Gasteiger partial charge is 0.255 e. The summed E-state index contributed by atoms with van der Waals surface area (Å²) in [4.78, 5) is 21.0. The lowest BCUT2D eigenvalue weighted by molar-refractivity contribution is 0.102. The van der Waals surface area contributed by atoms with E-state index in [1.807, 2.05) is 54.6 Å². The van der Waals surface area contributed by atoms with Crippen LogP contribution in [0.5, 0.6) is 17.4 Å². The first-order valence-electron chi connectivity index (χ1n) is 9.42. The van der Waals surface area contributed by atoms with Crippen molar-refractivity contribution in [2.45, 2.75) is 0 Å². The van der Waals surface area contributed by atoms with Gasteiger partial charge in [0.05, 0.1) is 12.8 Å². The molecule has 0 aliphatic heterocycles. The minimum atomic E-state index is -0.184. The van der Waals surface area contributed by atoms with Crippen LogP contribution in [0.1, 0.15) is 10.4 Å². The molecule has 3 aromatic carbocycles. The molecule has 6 nitrogen and oxygen atoms in total. The van der Waals surface area contributed by atoms with Gasteiger partial charge in [-0.15, -0.1) is 0 Å². The third kappa shape index (κ3) is 5.07. The maximum Gasteiger partial charge on any atom is 0.255 e. The Morgan fingerprint density at radius 2 is 1.61 bits per heavy atom. The second-order valence-electron chi connectivity index (χ2n) is 6.53. The molecule has 0 radical (unpaired) electrons. The number of ether oxygens (including phenoxy) is 2. The molecule has 4 rings (SSSR count). The van der Waals surface area contributed by atoms with Crippen LogP contribution in [0, 0.1) is 0 Å². The molecule has 1 aromatic heterocycles. The summed E-state index contributed by atoms with van der Waals surface area (Å²) in [5, 5.41) is 2.87. The van der Waals surface area contributed by atoms with Gasteiger partial charge in [-0.25, -0.2) is 9.97 Å². The van der Waals surface area contributed by atoms with Gasteiger partial charge in [0.1, 0.15) is 6.33 Å². The summed E-state index contributed by atoms with van der Waals surface area (Å²) in [6.07, 6.45) is 1.44. The molecular weight excluding hydrogens is 458 g/mol. The van der Waals surface area contributed by atoms with Gasteiger partial charge in [0, 0.05) is 27.4 Å². The predicted octanol–water partition coefficient (Wildman–Crippen LogP) is 5.96. The molecule has 0 atom stereocenters. The molecule has 0 spiro atoms. The quantitative estimate of drug-likeness (QED) is 0.372. The Labute approximate surface area is 188 Å². The molecule has 31 heavy (non-hydrogen) atoms. The second kappa shape index (κ2) is 9.40. The number of benzene rings is 3. The van der Waals surface area contributed by atoms with E-state index in [0.717, 1.165) is 15.7 Å². The summed E-state index contributed by atoms with van der Waals surface area (Å²) >= 11 is 3.38. The highest BCUT2D eigenvalue weighted by Crippen LogP contribution is 2.31. The molecule has 0 unspecified atom stereocenters. The van der Waals surface area contributed by atoms with E-state index >= 15 is 0 Å². The van der Waals surface area contributed by atoms with Gasteiger partial charge in [-0.3, -0.25) is 4.79 Å². The predicted molar refractivity (Wildman–Crippen MR) is 123 cm³/mol. The summed E-state index contributed by atoms with van der Waals surface area (Å²) < 4.78 is 12.1. The molecule has 7 heteroatoms. The van der Waals surface area contributed by atoms with E-state index in [2.05, 4.69) is 31.2 Å². The van der Waals surface area contributed by atoms with Crippen LogP contribution in [-0.4, -0.2) is 23.0 Å². The Balaban J connectivity index is 1.49. The van der Waals surface area contributed by atoms with E-state index in [1.54, 1.807) is 31.4 Å². The number of hydrogen-bond acceptors (Lipinski definition) is 5. The van der Waals surface area contributed by atoms with Crippen molar-refractivity contribution in [1.82, 2.24) is 9.97 Å². The maximum atomic E-state index is 12.5. The van der Waals surface area contributed by atoms with Gasteiger partial charge < -0.3 is 14.8 Å². The zero-order chi connectivity index (χ0) is 21.6. The largest absolute Gasteiger partial charge is 0.493 e. The van der Waals surface area contributed by atoms with Crippen molar-refractivity contribution in [3.05, 3.63) is 95.2 Å². The number of hydrogen-bond donors (Lipinski definition) is 1. The van der Waals surface area contributed by atoms with Crippen LogP contribution in [0.25, 0.3) is 11.3 Å². The molecule has 0 fully saturated rings. The number of rotatable bonds is 6. The van der Waals surface area contributed by atoms with Crippen molar-refractivity contribution in [2.75, 3.05) is 12.4 Å². The minimum Gasteiger partial charge on any atom is -0.493 e. The summed E-state index contributed by atoms with van der Waals surface area (Å²) in [6.45, 7) is 0. The number of nitrogens with one attached hydrogen (secondary N) is 1. The van der Waals surface area contributed by atoms with Crippen molar-refractivity contribution in [1.29, 1.82) is 0 Å². The van der Waals surface area contributed by atoms with Gasteiger partial charge in [-0.1, -0.05) is 40.2 Å². The number of amides is 1. The molecule has 0 saturated heterocycles. The van der Waals surface area contributed by atoms with Crippen molar-refractivity contribution in [3.8, 4) is 28.6 Å². The number of carbonyl (C=O) groups excluding carboxylic acids is 1. The highest BCUT2D eigenvalue weighted by Gasteiger charge is 2.10. The summed E-state index contributed by atoms with van der Waals surface area (Å²) in [5.41, 5.74) is 2.80. The number of carbonyl (C=O) groups is 1. The Kier molecular flexibility index (Phi) is 6.24. The number of aromatic nitrogens is 2. The first kappa shape index (κ1) is 20.6. The molecule has 1 N–H and O–H groups in total. The zero-order valence-electron chi connectivity index (χ0n) is 16.6. The summed E-state index contributed by atoms with van der Waals surface area (Å²) in [7, 11) is 1.59. The average molecular weight is 476 g/mol. The Morgan fingerprint density at radius 1 is 0.903 bits per heavy atom. The van der Waals surface area contributed by atoms with E-state index in [0.29, 0.717) is 28.6 Å². The fourth-order valence-corrected chi connectivity index (χ4v) is 3.16. The molecule has 0 aliphatic rings. The van der Waals surface area contributed by atoms with Gasteiger partial charge in [0.25, 0.3) is 5.91 Å². The van der Waals surface area contributed by atoms with Gasteiger partial charge in [-0.05, 0) is 48.5 Å². The third-order valence-electron chi connectivity index (χ3n) is 4.47. The lowest BCUT2D eigenvalue weighted by Gasteiger charge is -2.10. The molecule has 1 amide bonds. The van der Waals surface area contributed by atoms with Crippen molar-refractivity contribution < 1.29 is 14.3 Å². The molecule has 154 valence electrons. The lowest BCUT2D eigenvalue weighted by Crippen LogP contribution is -2.11. The van der Waals surface area contributed by atoms with E-state index in [-0.39, 0.29) is 5.91 Å².